The number of nitrogens with one attached hydrogen (secondary N) is 1. The molecule has 0 radical (unpaired) electrons. The predicted molar refractivity (Wildman–Crippen MR) is 144 cm³/mol. The predicted octanol–water partition coefficient (Wildman–Crippen LogP) is 4.23. The van der Waals surface area contributed by atoms with Crippen molar-refractivity contribution in [2.45, 2.75) is 52.1 Å². The summed E-state index contributed by atoms with van der Waals surface area (Å²) in [4.78, 5) is 27.9. The Morgan fingerprint density at radius 1 is 1.11 bits per heavy atom. The van der Waals surface area contributed by atoms with Gasteiger partial charge in [0.15, 0.2) is 0 Å². The van der Waals surface area contributed by atoms with E-state index in [1.807, 2.05) is 38.1 Å². The maximum atomic E-state index is 13.4. The zero-order valence-electron chi connectivity index (χ0n) is 21.4. The maximum Gasteiger partial charge on any atom is 0.242 e. The Morgan fingerprint density at radius 3 is 2.39 bits per heavy atom. The number of anilines is 1. The van der Waals surface area contributed by atoms with Crippen LogP contribution >= 0.6 is 11.6 Å². The molecule has 36 heavy (non-hydrogen) atoms. The van der Waals surface area contributed by atoms with E-state index in [-0.39, 0.29) is 37.7 Å². The van der Waals surface area contributed by atoms with E-state index in [1.54, 1.807) is 36.3 Å². The van der Waals surface area contributed by atoms with Crippen molar-refractivity contribution in [1.29, 1.82) is 0 Å². The fraction of sp³-hybridized carbons (Fsp3) is 0.462. The molecular weight excluding hydrogens is 502 g/mol. The van der Waals surface area contributed by atoms with Crippen LogP contribution in [0.15, 0.2) is 48.5 Å². The van der Waals surface area contributed by atoms with Crippen molar-refractivity contribution in [3.05, 3.63) is 59.1 Å². The minimum atomic E-state index is -3.56. The van der Waals surface area contributed by atoms with Gasteiger partial charge in [-0.1, -0.05) is 37.6 Å². The molecule has 0 spiro atoms. The minimum absolute atomic E-state index is 0.0845. The molecule has 1 N–H and O–H groups in total. The first kappa shape index (κ1) is 29.5. The zero-order chi connectivity index (χ0) is 26.7. The van der Waals surface area contributed by atoms with Crippen LogP contribution in [0, 0.1) is 0 Å². The van der Waals surface area contributed by atoms with Gasteiger partial charge in [0.2, 0.25) is 21.8 Å². The molecule has 2 rings (SSSR count). The van der Waals surface area contributed by atoms with Crippen molar-refractivity contribution in [2.24, 2.45) is 0 Å². The number of carbonyl (C=O) groups excluding carboxylic acids is 2. The van der Waals surface area contributed by atoms with E-state index in [0.717, 1.165) is 18.2 Å². The number of carbonyl (C=O) groups is 2. The molecule has 0 aromatic heterocycles. The molecule has 198 valence electrons. The third-order valence-corrected chi connectivity index (χ3v) is 7.14. The number of rotatable bonds is 14. The summed E-state index contributed by atoms with van der Waals surface area (Å²) in [5.74, 6) is 0.241. The largest absolute Gasteiger partial charge is 0.497 e. The monoisotopic (exact) mass is 537 g/mol. The van der Waals surface area contributed by atoms with Crippen molar-refractivity contribution in [1.82, 2.24) is 10.2 Å². The van der Waals surface area contributed by atoms with Crippen molar-refractivity contribution in [3.8, 4) is 5.75 Å². The van der Waals surface area contributed by atoms with Crippen molar-refractivity contribution >= 4 is 39.1 Å². The van der Waals surface area contributed by atoms with Gasteiger partial charge in [-0.2, -0.15) is 0 Å². The number of sulfonamides is 1. The number of benzene rings is 2. The molecule has 0 saturated heterocycles. The van der Waals surface area contributed by atoms with Crippen LogP contribution in [-0.4, -0.2) is 57.6 Å². The molecule has 0 aliphatic carbocycles. The fourth-order valence-corrected chi connectivity index (χ4v) is 4.96. The standard InChI is InChI=1S/C26H36ClN3O5S/c1-5-16-28-26(32)24(6-2)29(19-20-9-7-10-23(18-20)35-3)25(31)11-8-17-30(36(4,33)34)22-14-12-21(27)13-15-22/h7,9-10,12-15,18,24H,5-6,8,11,16-17,19H2,1-4H3,(H,28,32)/t24-/m1/s1. The van der Waals surface area contributed by atoms with E-state index in [1.165, 1.54) is 4.31 Å². The maximum absolute atomic E-state index is 13.4. The van der Waals surface area contributed by atoms with Gasteiger partial charge in [-0.15, -0.1) is 0 Å². The van der Waals surface area contributed by atoms with Crippen LogP contribution in [-0.2, 0) is 26.2 Å². The van der Waals surface area contributed by atoms with Crippen molar-refractivity contribution < 1.29 is 22.7 Å². The van der Waals surface area contributed by atoms with Gasteiger partial charge in [0.1, 0.15) is 11.8 Å². The van der Waals surface area contributed by atoms with Crippen molar-refractivity contribution in [3.63, 3.8) is 0 Å². The Balaban J connectivity index is 2.21. The summed E-state index contributed by atoms with van der Waals surface area (Å²) in [5, 5.41) is 3.39. The van der Waals surface area contributed by atoms with Crippen LogP contribution in [0.5, 0.6) is 5.75 Å². The number of ether oxygens (including phenoxy) is 1. The summed E-state index contributed by atoms with van der Waals surface area (Å²) in [6, 6.07) is 13.2. The highest BCUT2D eigenvalue weighted by Crippen LogP contribution is 2.22. The Hall–Kier alpha value is -2.78. The summed E-state index contributed by atoms with van der Waals surface area (Å²) >= 11 is 5.94. The first-order valence-electron chi connectivity index (χ1n) is 12.0. The lowest BCUT2D eigenvalue weighted by Crippen LogP contribution is -2.49. The summed E-state index contributed by atoms with van der Waals surface area (Å²) in [5.41, 5.74) is 1.32. The number of nitrogens with zero attached hydrogens (tertiary/aromatic N) is 2. The van der Waals surface area contributed by atoms with Gasteiger partial charge in [0, 0.05) is 31.1 Å². The van der Waals surface area contributed by atoms with Gasteiger partial charge in [-0.3, -0.25) is 13.9 Å². The summed E-state index contributed by atoms with van der Waals surface area (Å²) < 4.78 is 31.4. The number of halogens is 1. The van der Waals surface area contributed by atoms with Crippen molar-refractivity contribution in [2.75, 3.05) is 30.8 Å². The Bertz CT molecular complexity index is 1110. The molecule has 2 aromatic carbocycles. The smallest absolute Gasteiger partial charge is 0.242 e. The van der Waals surface area contributed by atoms with Gasteiger partial charge < -0.3 is 15.0 Å². The Morgan fingerprint density at radius 2 is 1.81 bits per heavy atom. The average Bonchev–Trinajstić information content (AvgIpc) is 2.85. The Kier molecular flexibility index (Phi) is 11.5. The van der Waals surface area contributed by atoms with Crippen LogP contribution in [0.3, 0.4) is 0 Å². The van der Waals surface area contributed by atoms with E-state index >= 15 is 0 Å². The topological polar surface area (TPSA) is 96.0 Å². The number of amides is 2. The number of hydrogen-bond acceptors (Lipinski definition) is 5. The minimum Gasteiger partial charge on any atom is -0.497 e. The third kappa shape index (κ3) is 8.71. The molecule has 0 saturated carbocycles. The second-order valence-corrected chi connectivity index (χ2v) is 10.8. The molecular formula is C26H36ClN3O5S. The highest BCUT2D eigenvalue weighted by molar-refractivity contribution is 7.92. The average molecular weight is 538 g/mol. The molecule has 8 nitrogen and oxygen atoms in total. The summed E-state index contributed by atoms with van der Waals surface area (Å²) in [6.45, 7) is 4.72. The molecule has 0 aliphatic rings. The molecule has 0 unspecified atom stereocenters. The highest BCUT2D eigenvalue weighted by atomic mass is 35.5. The fourth-order valence-electron chi connectivity index (χ4n) is 3.86. The summed E-state index contributed by atoms with van der Waals surface area (Å²) in [7, 11) is -1.99. The highest BCUT2D eigenvalue weighted by Gasteiger charge is 2.28. The lowest BCUT2D eigenvalue weighted by molar-refractivity contribution is -0.141. The van der Waals surface area contributed by atoms with E-state index in [9.17, 15) is 18.0 Å². The molecule has 0 fully saturated rings. The van der Waals surface area contributed by atoms with Gasteiger partial charge >= 0.3 is 0 Å². The van der Waals surface area contributed by atoms with E-state index in [2.05, 4.69) is 5.32 Å². The van der Waals surface area contributed by atoms with E-state index in [0.29, 0.717) is 29.4 Å². The SMILES string of the molecule is CCCNC(=O)[C@@H](CC)N(Cc1cccc(OC)c1)C(=O)CCCN(c1ccc(Cl)cc1)S(C)(=O)=O. The molecule has 10 heteroatoms. The van der Waals surface area contributed by atoms with Crippen LogP contribution in [0.2, 0.25) is 5.02 Å². The third-order valence-electron chi connectivity index (χ3n) is 5.69. The van der Waals surface area contributed by atoms with E-state index in [4.69, 9.17) is 16.3 Å². The second-order valence-electron chi connectivity index (χ2n) is 8.50. The van der Waals surface area contributed by atoms with Crippen LogP contribution < -0.4 is 14.4 Å². The summed E-state index contributed by atoms with van der Waals surface area (Å²) in [6.07, 6.45) is 2.74. The molecule has 2 aromatic rings. The first-order valence-corrected chi connectivity index (χ1v) is 14.3. The number of methoxy groups -OCH3 is 1. The lowest BCUT2D eigenvalue weighted by Gasteiger charge is -2.31. The second kappa shape index (κ2) is 14.1. The van der Waals surface area contributed by atoms with Crippen LogP contribution in [0.25, 0.3) is 0 Å². The number of hydrogen-bond donors (Lipinski definition) is 1. The van der Waals surface area contributed by atoms with Crippen LogP contribution in [0.4, 0.5) is 5.69 Å². The van der Waals surface area contributed by atoms with Crippen LogP contribution in [0.1, 0.15) is 45.1 Å². The van der Waals surface area contributed by atoms with Gasteiger partial charge in [-0.05, 0) is 61.2 Å². The van der Waals surface area contributed by atoms with Gasteiger partial charge in [0.25, 0.3) is 0 Å². The quantitative estimate of drug-likeness (QED) is 0.389. The molecule has 0 aliphatic heterocycles. The molecule has 0 heterocycles. The molecule has 1 atom stereocenters. The normalized spacial score (nSPS) is 12.0. The lowest BCUT2D eigenvalue weighted by atomic mass is 10.1. The Labute approximate surface area is 219 Å². The van der Waals surface area contributed by atoms with E-state index < -0.39 is 16.1 Å². The van der Waals surface area contributed by atoms with Gasteiger partial charge in [-0.25, -0.2) is 8.42 Å². The first-order chi connectivity index (χ1) is 17.1. The zero-order valence-corrected chi connectivity index (χ0v) is 22.9. The van der Waals surface area contributed by atoms with Gasteiger partial charge in [0.05, 0.1) is 19.1 Å². The molecule has 0 bridgehead atoms. The molecule has 2 amide bonds.